The Balaban J connectivity index is 1.51. The molecule has 0 amide bonds. The van der Waals surface area contributed by atoms with Gasteiger partial charge < -0.3 is 4.74 Å². The Kier molecular flexibility index (Phi) is 6.36. The Bertz CT molecular complexity index is 942. The van der Waals surface area contributed by atoms with Gasteiger partial charge in [-0.05, 0) is 79.2 Å². The molecule has 0 heterocycles. The minimum Gasteiger partial charge on any atom is -0.491 e. The highest BCUT2D eigenvalue weighted by molar-refractivity contribution is 5.73. The highest BCUT2D eigenvalue weighted by Crippen LogP contribution is 2.51. The van der Waals surface area contributed by atoms with Crippen molar-refractivity contribution in [1.82, 2.24) is 0 Å². The zero-order chi connectivity index (χ0) is 21.1. The Morgan fingerprint density at radius 2 is 1.73 bits per heavy atom. The summed E-state index contributed by atoms with van der Waals surface area (Å²) in [5.74, 6) is 0.202. The standard InChI is InChI=1S/C27H30F2O/c1-3-5-6-7-18-12-13-24-21(18)14-15-22(24)19-8-10-20(11-9-19)23-16-17-25(30-4-2)27(29)26(23)28/h6-11,15-18,21,24H,3-5,12-14H2,1-2H3/b7-6+. The summed E-state index contributed by atoms with van der Waals surface area (Å²) in [5, 5.41) is 0. The maximum absolute atomic E-state index is 14.5. The molecule has 0 bridgehead atoms. The lowest BCUT2D eigenvalue weighted by Crippen LogP contribution is -2.09. The smallest absolute Gasteiger partial charge is 0.201 e. The maximum atomic E-state index is 14.5. The second kappa shape index (κ2) is 9.16. The first-order valence-electron chi connectivity index (χ1n) is 11.2. The van der Waals surface area contributed by atoms with E-state index >= 15 is 0 Å². The van der Waals surface area contributed by atoms with Crippen LogP contribution in [-0.4, -0.2) is 6.61 Å². The number of ether oxygens (including phenoxy) is 1. The molecular formula is C27H30F2O. The van der Waals surface area contributed by atoms with Gasteiger partial charge in [0.2, 0.25) is 5.82 Å². The highest BCUT2D eigenvalue weighted by atomic mass is 19.2. The number of rotatable bonds is 7. The monoisotopic (exact) mass is 408 g/mol. The van der Waals surface area contributed by atoms with Crippen molar-refractivity contribution in [3.8, 4) is 16.9 Å². The van der Waals surface area contributed by atoms with Crippen molar-refractivity contribution in [2.45, 2.75) is 46.0 Å². The molecule has 2 aliphatic rings. The second-order valence-electron chi connectivity index (χ2n) is 8.37. The molecule has 0 aromatic heterocycles. The lowest BCUT2D eigenvalue weighted by Gasteiger charge is -2.18. The largest absolute Gasteiger partial charge is 0.491 e. The van der Waals surface area contributed by atoms with Crippen molar-refractivity contribution in [1.29, 1.82) is 0 Å². The number of halogens is 2. The van der Waals surface area contributed by atoms with E-state index in [1.165, 1.54) is 42.9 Å². The molecule has 3 heteroatoms. The summed E-state index contributed by atoms with van der Waals surface area (Å²) in [4.78, 5) is 0. The summed E-state index contributed by atoms with van der Waals surface area (Å²) in [5.41, 5.74) is 3.58. The van der Waals surface area contributed by atoms with Crippen molar-refractivity contribution < 1.29 is 13.5 Å². The fourth-order valence-electron chi connectivity index (χ4n) is 5.11. The molecule has 0 aliphatic heterocycles. The van der Waals surface area contributed by atoms with Gasteiger partial charge in [-0.3, -0.25) is 0 Å². The minimum absolute atomic E-state index is 0.0405. The molecular weight excluding hydrogens is 378 g/mol. The van der Waals surface area contributed by atoms with E-state index in [2.05, 4.69) is 37.3 Å². The van der Waals surface area contributed by atoms with Crippen molar-refractivity contribution in [2.24, 2.45) is 17.8 Å². The van der Waals surface area contributed by atoms with E-state index in [0.29, 0.717) is 29.9 Å². The molecule has 3 unspecified atom stereocenters. The lowest BCUT2D eigenvalue weighted by molar-refractivity contribution is 0.314. The molecule has 1 saturated carbocycles. The van der Waals surface area contributed by atoms with Gasteiger partial charge in [0, 0.05) is 5.56 Å². The number of allylic oxidation sites excluding steroid dienone is 4. The third kappa shape index (κ3) is 3.95. The number of fused-ring (bicyclic) bond motifs is 1. The van der Waals surface area contributed by atoms with Crippen LogP contribution in [0, 0.1) is 29.4 Å². The van der Waals surface area contributed by atoms with Crippen LogP contribution in [0.2, 0.25) is 0 Å². The molecule has 1 nitrogen and oxygen atoms in total. The predicted octanol–water partition coefficient (Wildman–Crippen LogP) is 7.82. The highest BCUT2D eigenvalue weighted by Gasteiger charge is 2.39. The van der Waals surface area contributed by atoms with Gasteiger partial charge in [0.15, 0.2) is 11.6 Å². The van der Waals surface area contributed by atoms with Crippen LogP contribution in [0.25, 0.3) is 16.7 Å². The van der Waals surface area contributed by atoms with Gasteiger partial charge >= 0.3 is 0 Å². The summed E-state index contributed by atoms with van der Waals surface area (Å²) in [7, 11) is 0. The lowest BCUT2D eigenvalue weighted by atomic mass is 9.86. The van der Waals surface area contributed by atoms with Gasteiger partial charge in [0.1, 0.15) is 0 Å². The quantitative estimate of drug-likeness (QED) is 0.424. The Morgan fingerprint density at radius 1 is 0.967 bits per heavy atom. The van der Waals surface area contributed by atoms with Crippen LogP contribution in [0.4, 0.5) is 8.78 Å². The molecule has 2 aromatic rings. The minimum atomic E-state index is -0.923. The van der Waals surface area contributed by atoms with E-state index in [9.17, 15) is 8.78 Å². The van der Waals surface area contributed by atoms with E-state index in [4.69, 9.17) is 4.74 Å². The van der Waals surface area contributed by atoms with E-state index in [0.717, 1.165) is 6.42 Å². The first-order chi connectivity index (χ1) is 14.6. The van der Waals surface area contributed by atoms with Crippen molar-refractivity contribution in [3.05, 3.63) is 71.8 Å². The fourth-order valence-corrected chi connectivity index (χ4v) is 5.11. The molecule has 0 saturated heterocycles. The van der Waals surface area contributed by atoms with Crippen LogP contribution >= 0.6 is 0 Å². The van der Waals surface area contributed by atoms with Gasteiger partial charge in [0.25, 0.3) is 0 Å². The molecule has 3 atom stereocenters. The zero-order valence-corrected chi connectivity index (χ0v) is 17.8. The van der Waals surface area contributed by atoms with Gasteiger partial charge in [-0.15, -0.1) is 0 Å². The van der Waals surface area contributed by atoms with Crippen molar-refractivity contribution in [2.75, 3.05) is 6.61 Å². The normalized spacial score (nSPS) is 23.1. The average molecular weight is 409 g/mol. The summed E-state index contributed by atoms with van der Waals surface area (Å²) in [6.45, 7) is 4.27. The topological polar surface area (TPSA) is 9.23 Å². The summed E-state index contributed by atoms with van der Waals surface area (Å²) >= 11 is 0. The van der Waals surface area contributed by atoms with Crippen LogP contribution in [0.1, 0.15) is 51.5 Å². The Morgan fingerprint density at radius 3 is 2.47 bits per heavy atom. The van der Waals surface area contributed by atoms with E-state index in [1.807, 2.05) is 12.1 Å². The number of benzene rings is 2. The first-order valence-corrected chi connectivity index (χ1v) is 11.2. The average Bonchev–Trinajstić information content (AvgIpc) is 3.35. The molecule has 1 fully saturated rings. The fraction of sp³-hybridized carbons (Fsp3) is 0.407. The van der Waals surface area contributed by atoms with Gasteiger partial charge in [-0.25, -0.2) is 4.39 Å². The van der Waals surface area contributed by atoms with E-state index in [-0.39, 0.29) is 11.3 Å². The van der Waals surface area contributed by atoms with Gasteiger partial charge in [-0.2, -0.15) is 4.39 Å². The van der Waals surface area contributed by atoms with Crippen LogP contribution in [-0.2, 0) is 0 Å². The summed E-state index contributed by atoms with van der Waals surface area (Å²) in [6.07, 6.45) is 13.2. The van der Waals surface area contributed by atoms with Crippen LogP contribution in [0.15, 0.2) is 54.6 Å². The molecule has 0 spiro atoms. The molecule has 2 aliphatic carbocycles. The predicted molar refractivity (Wildman–Crippen MR) is 119 cm³/mol. The molecule has 0 radical (unpaired) electrons. The maximum Gasteiger partial charge on any atom is 0.201 e. The molecule has 0 N–H and O–H groups in total. The van der Waals surface area contributed by atoms with Crippen LogP contribution in [0.5, 0.6) is 5.75 Å². The van der Waals surface area contributed by atoms with Crippen LogP contribution in [0.3, 0.4) is 0 Å². The van der Waals surface area contributed by atoms with Crippen LogP contribution < -0.4 is 4.74 Å². The Hall–Kier alpha value is -2.42. The molecule has 30 heavy (non-hydrogen) atoms. The van der Waals surface area contributed by atoms with Crippen molar-refractivity contribution in [3.63, 3.8) is 0 Å². The van der Waals surface area contributed by atoms with E-state index in [1.54, 1.807) is 13.0 Å². The zero-order valence-electron chi connectivity index (χ0n) is 17.8. The Labute approximate surface area is 178 Å². The third-order valence-corrected chi connectivity index (χ3v) is 6.60. The van der Waals surface area contributed by atoms with Crippen molar-refractivity contribution >= 4 is 5.57 Å². The first kappa shape index (κ1) is 20.8. The third-order valence-electron chi connectivity index (χ3n) is 6.60. The SMILES string of the molecule is CCC/C=C/C1CCC2C(c3ccc(-c4ccc(OCC)c(F)c4F)cc3)=CCC12. The summed E-state index contributed by atoms with van der Waals surface area (Å²) < 4.78 is 33.9. The van der Waals surface area contributed by atoms with Gasteiger partial charge in [-0.1, -0.05) is 55.8 Å². The second-order valence-corrected chi connectivity index (χ2v) is 8.37. The molecule has 2 aromatic carbocycles. The van der Waals surface area contributed by atoms with Gasteiger partial charge in [0.05, 0.1) is 6.61 Å². The number of unbranched alkanes of at least 4 members (excludes halogenated alkanes) is 1. The number of hydrogen-bond donors (Lipinski definition) is 0. The van der Waals surface area contributed by atoms with E-state index < -0.39 is 11.6 Å². The molecule has 4 rings (SSSR count). The number of hydrogen-bond acceptors (Lipinski definition) is 1. The summed E-state index contributed by atoms with van der Waals surface area (Å²) in [6, 6.07) is 11.0. The molecule has 158 valence electrons.